The van der Waals surface area contributed by atoms with E-state index in [0.29, 0.717) is 0 Å². The Labute approximate surface area is 349 Å². The van der Waals surface area contributed by atoms with Crippen LogP contribution in [-0.4, -0.2) is 10.6 Å². The lowest BCUT2D eigenvalue weighted by molar-refractivity contribution is 0.639. The number of rotatable bonds is 4. The molecule has 9 aromatic rings. The Balaban J connectivity index is 0.938. The summed E-state index contributed by atoms with van der Waals surface area (Å²) in [5.41, 5.74) is 18.7. The van der Waals surface area contributed by atoms with Gasteiger partial charge in [-0.1, -0.05) is 141 Å². The molecule has 0 saturated carbocycles. The van der Waals surface area contributed by atoms with Crippen molar-refractivity contribution in [2.45, 2.75) is 43.7 Å². The first-order chi connectivity index (χ1) is 29.5. The summed E-state index contributed by atoms with van der Waals surface area (Å²) in [5.74, 6) is 0.233. The van der Waals surface area contributed by atoms with E-state index in [-0.39, 0.29) is 23.4 Å². The van der Waals surface area contributed by atoms with E-state index in [0.717, 1.165) is 28.4 Å². The summed E-state index contributed by atoms with van der Waals surface area (Å²) in [5, 5.41) is 4.84. The quantitative estimate of drug-likeness (QED) is 0.178. The predicted molar refractivity (Wildman–Crippen MR) is 250 cm³/mol. The lowest BCUT2D eigenvalue weighted by atomic mass is 9.77. The third-order valence-electron chi connectivity index (χ3n) is 14.0. The van der Waals surface area contributed by atoms with Gasteiger partial charge in [0.05, 0.1) is 17.6 Å². The lowest BCUT2D eigenvalue weighted by Crippen LogP contribution is -2.31. The van der Waals surface area contributed by atoms with Crippen molar-refractivity contribution >= 4 is 60.7 Å². The Hall–Kier alpha value is -7.10. The van der Waals surface area contributed by atoms with E-state index in [4.69, 9.17) is 4.42 Å². The smallest absolute Gasteiger partial charge is 0.137 e. The van der Waals surface area contributed by atoms with E-state index < -0.39 is 0 Å². The van der Waals surface area contributed by atoms with Gasteiger partial charge in [0.2, 0.25) is 0 Å². The Morgan fingerprint density at radius 2 is 1.35 bits per heavy atom. The number of anilines is 2. The highest BCUT2D eigenvalue weighted by Gasteiger charge is 2.46. The van der Waals surface area contributed by atoms with Crippen LogP contribution >= 0.6 is 0 Å². The second-order valence-corrected chi connectivity index (χ2v) is 17.6. The van der Waals surface area contributed by atoms with Crippen molar-refractivity contribution < 1.29 is 4.42 Å². The number of benzene rings is 7. The summed E-state index contributed by atoms with van der Waals surface area (Å²) in [4.78, 5) is 2.57. The lowest BCUT2D eigenvalue weighted by Gasteiger charge is -2.33. The van der Waals surface area contributed by atoms with E-state index in [1.807, 2.05) is 6.07 Å². The second kappa shape index (κ2) is 12.5. The van der Waals surface area contributed by atoms with Gasteiger partial charge in [-0.15, -0.1) is 0 Å². The molecule has 0 radical (unpaired) electrons. The molecule has 3 heteroatoms. The molecule has 60 heavy (non-hydrogen) atoms. The molecule has 2 aromatic heterocycles. The van der Waals surface area contributed by atoms with Gasteiger partial charge in [0.25, 0.3) is 0 Å². The first kappa shape index (κ1) is 33.8. The van der Waals surface area contributed by atoms with Crippen LogP contribution in [0.3, 0.4) is 0 Å². The van der Waals surface area contributed by atoms with Crippen molar-refractivity contribution in [3.63, 3.8) is 0 Å². The SMILES string of the molecule is CC1(C)C2=CC3C(C=C2c2ccccc21)c1cc(-c2cccc(-c4ccc5c(c4)c4cc6c(cc4n5C4C=CC=CC4)oc4ccccc46)c2)ccc1N3c1ccccc1. The van der Waals surface area contributed by atoms with Crippen LogP contribution < -0.4 is 4.90 Å². The summed E-state index contributed by atoms with van der Waals surface area (Å²) in [6, 6.07) is 56.8. The van der Waals surface area contributed by atoms with E-state index in [1.165, 1.54) is 83.3 Å². The first-order valence-corrected chi connectivity index (χ1v) is 21.4. The van der Waals surface area contributed by atoms with E-state index in [2.05, 4.69) is 205 Å². The molecule has 0 amide bonds. The number of fused-ring (bicyclic) bond motifs is 12. The van der Waals surface area contributed by atoms with Gasteiger partial charge >= 0.3 is 0 Å². The standard InChI is InChI=1S/C57H42N2O/c1-57(2)49-22-11-9-20-41(49)43-31-46-44-29-37(24-26-51(44)58(53(46)33-50(43)57)39-16-5-3-6-17-39)35-14-13-15-36(28-35)38-25-27-52-45(30-38)47-32-48-42-21-10-12-23-55(42)60-56(48)34-54(47)59(52)40-18-7-4-8-19-40/h3-18,20-34,40,46,53H,19H2,1-2H3. The van der Waals surface area contributed by atoms with Crippen LogP contribution in [0, 0.1) is 0 Å². The van der Waals surface area contributed by atoms with Crippen molar-refractivity contribution in [2.75, 3.05) is 4.90 Å². The number of aromatic nitrogens is 1. The van der Waals surface area contributed by atoms with Gasteiger partial charge < -0.3 is 13.9 Å². The van der Waals surface area contributed by atoms with Crippen molar-refractivity contribution in [2.24, 2.45) is 0 Å². The molecule has 1 aliphatic heterocycles. The molecule has 13 rings (SSSR count). The maximum atomic E-state index is 6.42. The van der Waals surface area contributed by atoms with Gasteiger partial charge in [0.15, 0.2) is 0 Å². The van der Waals surface area contributed by atoms with Crippen LogP contribution in [0.15, 0.2) is 198 Å². The highest BCUT2D eigenvalue weighted by Crippen LogP contribution is 2.57. The minimum absolute atomic E-state index is 0.0435. The summed E-state index contributed by atoms with van der Waals surface area (Å²) in [7, 11) is 0. The largest absolute Gasteiger partial charge is 0.456 e. The Morgan fingerprint density at radius 3 is 2.22 bits per heavy atom. The van der Waals surface area contributed by atoms with Gasteiger partial charge in [-0.25, -0.2) is 0 Å². The molecule has 3 nitrogen and oxygen atoms in total. The Morgan fingerprint density at radius 1 is 0.583 bits per heavy atom. The maximum Gasteiger partial charge on any atom is 0.137 e. The van der Waals surface area contributed by atoms with E-state index in [9.17, 15) is 0 Å². The summed E-state index contributed by atoms with van der Waals surface area (Å²) < 4.78 is 8.93. The summed E-state index contributed by atoms with van der Waals surface area (Å²) in [6.07, 6.45) is 15.1. The number of nitrogens with zero attached hydrogens (tertiary/aromatic N) is 2. The van der Waals surface area contributed by atoms with Crippen LogP contribution in [0.25, 0.3) is 71.6 Å². The average molecular weight is 771 g/mol. The number of allylic oxidation sites excluding steroid dienone is 6. The fourth-order valence-corrected chi connectivity index (χ4v) is 11.2. The summed E-state index contributed by atoms with van der Waals surface area (Å²) in [6.45, 7) is 4.78. The minimum Gasteiger partial charge on any atom is -0.456 e. The van der Waals surface area contributed by atoms with Crippen LogP contribution in [0.4, 0.5) is 11.4 Å². The number of hydrogen-bond donors (Lipinski definition) is 0. The fraction of sp³-hybridized carbons (Fsp3) is 0.123. The first-order valence-electron chi connectivity index (χ1n) is 21.4. The highest BCUT2D eigenvalue weighted by atomic mass is 16.3. The van der Waals surface area contributed by atoms with E-state index in [1.54, 1.807) is 0 Å². The molecule has 4 aliphatic rings. The number of hydrogen-bond acceptors (Lipinski definition) is 2. The Kier molecular flexibility index (Phi) is 7.02. The molecule has 0 bridgehead atoms. The second-order valence-electron chi connectivity index (χ2n) is 17.6. The zero-order chi connectivity index (χ0) is 39.7. The normalized spacial score (nSPS) is 19.8. The summed E-state index contributed by atoms with van der Waals surface area (Å²) >= 11 is 0. The fourth-order valence-electron chi connectivity index (χ4n) is 11.2. The molecule has 0 saturated heterocycles. The highest BCUT2D eigenvalue weighted by molar-refractivity contribution is 6.17. The van der Waals surface area contributed by atoms with Gasteiger partial charge in [-0.05, 0) is 111 Å². The molecular weight excluding hydrogens is 729 g/mol. The van der Waals surface area contributed by atoms with Crippen molar-refractivity contribution in [3.8, 4) is 22.3 Å². The van der Waals surface area contributed by atoms with Crippen molar-refractivity contribution in [1.82, 2.24) is 4.57 Å². The van der Waals surface area contributed by atoms with Gasteiger partial charge in [0.1, 0.15) is 11.2 Å². The third-order valence-corrected chi connectivity index (χ3v) is 14.0. The van der Waals surface area contributed by atoms with Crippen LogP contribution in [0.5, 0.6) is 0 Å². The molecule has 3 atom stereocenters. The van der Waals surface area contributed by atoms with Gasteiger partial charge in [-0.2, -0.15) is 0 Å². The third kappa shape index (κ3) is 4.78. The zero-order valence-corrected chi connectivity index (χ0v) is 33.6. The van der Waals surface area contributed by atoms with Gasteiger partial charge in [0, 0.05) is 55.8 Å². The van der Waals surface area contributed by atoms with Crippen LogP contribution in [0.1, 0.15) is 48.9 Å². The number of para-hydroxylation sites is 2. The topological polar surface area (TPSA) is 21.3 Å². The van der Waals surface area contributed by atoms with Crippen LogP contribution in [-0.2, 0) is 5.41 Å². The molecule has 0 spiro atoms. The minimum atomic E-state index is -0.0435. The molecule has 7 aromatic carbocycles. The van der Waals surface area contributed by atoms with Gasteiger partial charge in [-0.3, -0.25) is 0 Å². The van der Waals surface area contributed by atoms with Crippen LogP contribution in [0.2, 0.25) is 0 Å². The van der Waals surface area contributed by atoms with E-state index >= 15 is 0 Å². The molecular formula is C57H42N2O. The molecule has 286 valence electrons. The molecule has 0 fully saturated rings. The monoisotopic (exact) mass is 770 g/mol. The molecule has 3 aliphatic carbocycles. The molecule has 3 unspecified atom stereocenters. The predicted octanol–water partition coefficient (Wildman–Crippen LogP) is 15.0. The Bertz CT molecular complexity index is 3400. The van der Waals surface area contributed by atoms with Crippen molar-refractivity contribution in [3.05, 3.63) is 210 Å². The zero-order valence-electron chi connectivity index (χ0n) is 33.6. The number of furan rings is 1. The van der Waals surface area contributed by atoms with Crippen molar-refractivity contribution in [1.29, 1.82) is 0 Å². The molecule has 3 heterocycles. The molecule has 0 N–H and O–H groups in total. The average Bonchev–Trinajstić information content (AvgIpc) is 3.99. The maximum absolute atomic E-state index is 6.42.